The molecule has 5 nitrogen and oxygen atoms in total. The molecule has 2 rings (SSSR count). The van der Waals surface area contributed by atoms with Crippen LogP contribution in [0.1, 0.15) is 45.3 Å². The van der Waals surface area contributed by atoms with Gasteiger partial charge in [0.1, 0.15) is 5.69 Å². The lowest BCUT2D eigenvalue weighted by atomic mass is 10.1. The van der Waals surface area contributed by atoms with Crippen molar-refractivity contribution in [2.75, 3.05) is 7.11 Å². The molecule has 1 aromatic heterocycles. The minimum Gasteiger partial charge on any atom is -0.477 e. The molecule has 0 aromatic carbocycles. The van der Waals surface area contributed by atoms with Crippen LogP contribution in [0.5, 0.6) is 0 Å². The van der Waals surface area contributed by atoms with Crippen LogP contribution in [0, 0.1) is 0 Å². The third-order valence-electron chi connectivity index (χ3n) is 2.48. The minimum atomic E-state index is -1.13. The topological polar surface area (TPSA) is 76.5 Å². The number of rotatable bonds is 3. The number of aromatic nitrogens is 1. The lowest BCUT2D eigenvalue weighted by Gasteiger charge is -2.04. The second-order valence-electron chi connectivity index (χ2n) is 3.74. The Morgan fingerprint density at radius 1 is 1.44 bits per heavy atom. The van der Waals surface area contributed by atoms with E-state index in [0.717, 1.165) is 12.8 Å². The van der Waals surface area contributed by atoms with Crippen molar-refractivity contribution in [1.82, 2.24) is 4.98 Å². The molecule has 1 aliphatic rings. The van der Waals surface area contributed by atoms with Gasteiger partial charge >= 0.3 is 11.9 Å². The summed E-state index contributed by atoms with van der Waals surface area (Å²) in [7, 11) is 1.26. The summed E-state index contributed by atoms with van der Waals surface area (Å²) in [6.45, 7) is 0. The number of methoxy groups -OCH3 is 1. The Hall–Kier alpha value is -1.91. The van der Waals surface area contributed by atoms with Crippen molar-refractivity contribution >= 4 is 11.9 Å². The quantitative estimate of drug-likeness (QED) is 0.781. The molecule has 0 saturated heterocycles. The summed E-state index contributed by atoms with van der Waals surface area (Å²) in [5, 5.41) is 8.88. The Morgan fingerprint density at radius 2 is 2.12 bits per heavy atom. The van der Waals surface area contributed by atoms with Crippen molar-refractivity contribution in [2.45, 2.75) is 18.8 Å². The van der Waals surface area contributed by atoms with Crippen LogP contribution in [0.3, 0.4) is 0 Å². The molecule has 1 aromatic rings. The fourth-order valence-corrected chi connectivity index (χ4v) is 1.49. The van der Waals surface area contributed by atoms with E-state index in [-0.39, 0.29) is 11.3 Å². The third-order valence-corrected chi connectivity index (χ3v) is 2.48. The maximum atomic E-state index is 11.3. The molecule has 0 aliphatic heterocycles. The van der Waals surface area contributed by atoms with Gasteiger partial charge in [0.2, 0.25) is 0 Å². The average Bonchev–Trinajstić information content (AvgIpc) is 3.11. The molecule has 0 amide bonds. The van der Waals surface area contributed by atoms with Crippen LogP contribution >= 0.6 is 0 Å². The number of nitrogens with zero attached hydrogens (tertiary/aromatic N) is 1. The number of carbonyl (C=O) groups excluding carboxylic acids is 1. The fourth-order valence-electron chi connectivity index (χ4n) is 1.49. The molecule has 0 unspecified atom stereocenters. The van der Waals surface area contributed by atoms with Gasteiger partial charge in [-0.2, -0.15) is 0 Å². The van der Waals surface area contributed by atoms with Gasteiger partial charge in [-0.1, -0.05) is 0 Å². The van der Waals surface area contributed by atoms with Crippen molar-refractivity contribution < 1.29 is 19.4 Å². The zero-order valence-corrected chi connectivity index (χ0v) is 8.77. The van der Waals surface area contributed by atoms with Crippen LogP contribution in [0.15, 0.2) is 12.1 Å². The lowest BCUT2D eigenvalue weighted by Crippen LogP contribution is -2.08. The first kappa shape index (κ1) is 10.6. The Kier molecular flexibility index (Phi) is 2.60. The van der Waals surface area contributed by atoms with E-state index in [1.54, 1.807) is 6.07 Å². The number of hydrogen-bond acceptors (Lipinski definition) is 4. The Labute approximate surface area is 92.1 Å². The summed E-state index contributed by atoms with van der Waals surface area (Å²) < 4.78 is 4.57. The molecule has 84 valence electrons. The molecule has 16 heavy (non-hydrogen) atoms. The SMILES string of the molecule is COC(=O)c1cc(C(=O)O)nc(C2CC2)c1. The maximum Gasteiger partial charge on any atom is 0.354 e. The van der Waals surface area contributed by atoms with Crippen LogP contribution in [-0.2, 0) is 4.74 Å². The number of ether oxygens (including phenoxy) is 1. The molecule has 0 radical (unpaired) electrons. The first-order valence-electron chi connectivity index (χ1n) is 4.95. The molecule has 1 fully saturated rings. The van der Waals surface area contributed by atoms with Crippen molar-refractivity contribution in [3.63, 3.8) is 0 Å². The van der Waals surface area contributed by atoms with Gasteiger partial charge in [0.05, 0.1) is 12.7 Å². The molecule has 0 spiro atoms. The van der Waals surface area contributed by atoms with E-state index >= 15 is 0 Å². The Morgan fingerprint density at radius 3 is 2.62 bits per heavy atom. The number of esters is 1. The first-order valence-corrected chi connectivity index (χ1v) is 4.95. The van der Waals surface area contributed by atoms with Gasteiger partial charge in [-0.3, -0.25) is 0 Å². The molecule has 1 saturated carbocycles. The van der Waals surface area contributed by atoms with E-state index in [9.17, 15) is 9.59 Å². The largest absolute Gasteiger partial charge is 0.477 e. The monoisotopic (exact) mass is 221 g/mol. The summed E-state index contributed by atoms with van der Waals surface area (Å²) in [6, 6.07) is 2.84. The summed E-state index contributed by atoms with van der Waals surface area (Å²) in [6.07, 6.45) is 1.99. The smallest absolute Gasteiger partial charge is 0.354 e. The number of carboxylic acids is 1. The van der Waals surface area contributed by atoms with Crippen LogP contribution in [-0.4, -0.2) is 29.1 Å². The van der Waals surface area contributed by atoms with E-state index in [2.05, 4.69) is 9.72 Å². The van der Waals surface area contributed by atoms with Crippen LogP contribution in [0.2, 0.25) is 0 Å². The van der Waals surface area contributed by atoms with Gasteiger partial charge in [0.25, 0.3) is 0 Å². The van der Waals surface area contributed by atoms with E-state index in [4.69, 9.17) is 5.11 Å². The van der Waals surface area contributed by atoms with Crippen LogP contribution in [0.25, 0.3) is 0 Å². The lowest BCUT2D eigenvalue weighted by molar-refractivity contribution is 0.0600. The van der Waals surface area contributed by atoms with Gasteiger partial charge in [0, 0.05) is 11.6 Å². The molecule has 1 aliphatic carbocycles. The van der Waals surface area contributed by atoms with Gasteiger partial charge in [-0.15, -0.1) is 0 Å². The standard InChI is InChI=1S/C11H11NO4/c1-16-11(15)7-4-8(6-2-3-6)12-9(5-7)10(13)14/h4-6H,2-3H2,1H3,(H,13,14). The fraction of sp³-hybridized carbons (Fsp3) is 0.364. The Balaban J connectivity index is 2.44. The van der Waals surface area contributed by atoms with Gasteiger partial charge in [-0.05, 0) is 25.0 Å². The number of hydrogen-bond donors (Lipinski definition) is 1. The molecule has 5 heteroatoms. The number of aromatic carboxylic acids is 1. The van der Waals surface area contributed by atoms with Crippen LogP contribution < -0.4 is 0 Å². The van der Waals surface area contributed by atoms with Crippen molar-refractivity contribution in [3.8, 4) is 0 Å². The minimum absolute atomic E-state index is 0.107. The summed E-state index contributed by atoms with van der Waals surface area (Å²) in [5.74, 6) is -1.37. The maximum absolute atomic E-state index is 11.3. The van der Waals surface area contributed by atoms with Crippen molar-refractivity contribution in [3.05, 3.63) is 29.1 Å². The zero-order chi connectivity index (χ0) is 11.7. The predicted octanol–water partition coefficient (Wildman–Crippen LogP) is 1.44. The average molecular weight is 221 g/mol. The van der Waals surface area contributed by atoms with Gasteiger partial charge in [0.15, 0.2) is 0 Å². The highest BCUT2D eigenvalue weighted by atomic mass is 16.5. The van der Waals surface area contributed by atoms with Crippen molar-refractivity contribution in [1.29, 1.82) is 0 Å². The highest BCUT2D eigenvalue weighted by Gasteiger charge is 2.27. The zero-order valence-electron chi connectivity index (χ0n) is 8.77. The molecular formula is C11H11NO4. The van der Waals surface area contributed by atoms with E-state index in [1.165, 1.54) is 13.2 Å². The predicted molar refractivity (Wildman–Crippen MR) is 54.5 cm³/mol. The van der Waals surface area contributed by atoms with E-state index in [1.807, 2.05) is 0 Å². The molecule has 0 bridgehead atoms. The first-order chi connectivity index (χ1) is 7.61. The molecule has 0 atom stereocenters. The van der Waals surface area contributed by atoms with E-state index < -0.39 is 11.9 Å². The molecule has 1 heterocycles. The molecular weight excluding hydrogens is 210 g/mol. The summed E-state index contributed by atoms with van der Waals surface area (Å²) >= 11 is 0. The highest BCUT2D eigenvalue weighted by Crippen LogP contribution is 2.39. The second-order valence-corrected chi connectivity index (χ2v) is 3.74. The normalized spacial score (nSPS) is 14.6. The third kappa shape index (κ3) is 2.03. The summed E-state index contributed by atoms with van der Waals surface area (Å²) in [4.78, 5) is 26.2. The number of carboxylic acid groups (broad SMARTS) is 1. The second kappa shape index (κ2) is 3.92. The summed E-state index contributed by atoms with van der Waals surface area (Å²) in [5.41, 5.74) is 0.807. The number of carbonyl (C=O) groups is 2. The van der Waals surface area contributed by atoms with Gasteiger partial charge in [-0.25, -0.2) is 14.6 Å². The van der Waals surface area contributed by atoms with E-state index in [0.29, 0.717) is 11.6 Å². The Bertz CT molecular complexity index is 451. The van der Waals surface area contributed by atoms with Gasteiger partial charge < -0.3 is 9.84 Å². The number of pyridine rings is 1. The van der Waals surface area contributed by atoms with Crippen molar-refractivity contribution in [2.24, 2.45) is 0 Å². The molecule has 1 N–H and O–H groups in total. The highest BCUT2D eigenvalue weighted by molar-refractivity contribution is 5.93. The van der Waals surface area contributed by atoms with Crippen LogP contribution in [0.4, 0.5) is 0 Å².